The van der Waals surface area contributed by atoms with E-state index in [1.165, 1.54) is 21.9 Å². The Balaban J connectivity index is 1.10. The zero-order valence-electron chi connectivity index (χ0n) is 33.7. The number of rotatable bonds is 6. The first-order chi connectivity index (χ1) is 31.2. The number of nitrogens with zero attached hydrogens (tertiary/aromatic N) is 4. The molecule has 0 radical (unpaired) electrons. The fourth-order valence-corrected chi connectivity index (χ4v) is 9.31. The minimum atomic E-state index is 0.558. The van der Waals surface area contributed by atoms with E-state index < -0.39 is 0 Å². The van der Waals surface area contributed by atoms with Crippen LogP contribution in [-0.4, -0.2) is 19.5 Å². The normalized spacial score (nSPS) is 11.8. The van der Waals surface area contributed by atoms with Gasteiger partial charge in [0.05, 0.1) is 16.7 Å². The highest BCUT2D eigenvalue weighted by Gasteiger charge is 2.23. The van der Waals surface area contributed by atoms with E-state index in [2.05, 4.69) is 138 Å². The van der Waals surface area contributed by atoms with Crippen LogP contribution in [0.2, 0.25) is 0 Å². The lowest BCUT2D eigenvalue weighted by Crippen LogP contribution is -2.00. The largest absolute Gasteiger partial charge is 0.456 e. The Labute approximate surface area is 361 Å². The van der Waals surface area contributed by atoms with Crippen LogP contribution < -0.4 is 0 Å². The van der Waals surface area contributed by atoms with Crippen molar-refractivity contribution in [3.05, 3.63) is 206 Å². The van der Waals surface area contributed by atoms with E-state index in [9.17, 15) is 0 Å². The van der Waals surface area contributed by atoms with Crippen LogP contribution >= 0.6 is 0 Å². The van der Waals surface area contributed by atoms with Gasteiger partial charge >= 0.3 is 0 Å². The molecule has 0 spiro atoms. The summed E-state index contributed by atoms with van der Waals surface area (Å²) in [5.74, 6) is 1.75. The van der Waals surface area contributed by atoms with Gasteiger partial charge in [-0.05, 0) is 76.9 Å². The van der Waals surface area contributed by atoms with E-state index in [4.69, 9.17) is 23.8 Å². The van der Waals surface area contributed by atoms with Crippen LogP contribution in [0.1, 0.15) is 0 Å². The van der Waals surface area contributed by atoms with Gasteiger partial charge in [-0.3, -0.25) is 0 Å². The average molecular weight is 807 g/mol. The maximum absolute atomic E-state index is 7.18. The fraction of sp³-hybridized carbons (Fsp3) is 0. The molecular formula is C57H34N4O2. The number of para-hydroxylation sites is 3. The highest BCUT2D eigenvalue weighted by atomic mass is 16.3. The molecule has 0 amide bonds. The summed E-state index contributed by atoms with van der Waals surface area (Å²) in [5, 5.41) is 6.38. The first-order valence-corrected chi connectivity index (χ1v) is 21.1. The third kappa shape index (κ3) is 5.69. The van der Waals surface area contributed by atoms with Crippen molar-refractivity contribution in [1.29, 1.82) is 0 Å². The summed E-state index contributed by atoms with van der Waals surface area (Å²) in [6, 6.07) is 71.5. The number of benzene rings is 9. The molecule has 0 saturated heterocycles. The predicted molar refractivity (Wildman–Crippen MR) is 256 cm³/mol. The molecule has 13 aromatic rings. The standard InChI is InChI=1S/C57H34N4O2/c1-4-15-35(16-5-1)38-27-29-48-44(31-38)41-21-10-12-24-47(41)61(48)49-25-14-23-43-53-46(57-59-55(36-17-6-2-7-18-36)58-56(60-57)37-19-8-3-9-20-37)33-40(34-52(53)63-54(43)49)39-28-30-51-45(32-39)42-22-11-13-26-50(42)62-51/h1-34H. The summed E-state index contributed by atoms with van der Waals surface area (Å²) in [5.41, 5.74) is 13.4. The molecule has 9 aromatic carbocycles. The first kappa shape index (κ1) is 35.2. The molecule has 0 aliphatic heterocycles. The molecule has 0 atom stereocenters. The number of hydrogen-bond donors (Lipinski definition) is 0. The molecule has 0 fully saturated rings. The van der Waals surface area contributed by atoms with Gasteiger partial charge in [-0.25, -0.2) is 15.0 Å². The summed E-state index contributed by atoms with van der Waals surface area (Å²) in [7, 11) is 0. The molecule has 0 bridgehead atoms. The fourth-order valence-electron chi connectivity index (χ4n) is 9.31. The third-order valence-corrected chi connectivity index (χ3v) is 12.2. The second-order valence-electron chi connectivity index (χ2n) is 16.0. The topological polar surface area (TPSA) is 69.9 Å². The van der Waals surface area contributed by atoms with Crippen LogP contribution in [0.25, 0.3) is 128 Å². The summed E-state index contributed by atoms with van der Waals surface area (Å²) in [6.07, 6.45) is 0. The molecule has 0 aliphatic carbocycles. The van der Waals surface area contributed by atoms with Crippen LogP contribution in [-0.2, 0) is 0 Å². The van der Waals surface area contributed by atoms with Crippen molar-refractivity contribution >= 4 is 65.7 Å². The number of furan rings is 2. The van der Waals surface area contributed by atoms with E-state index in [0.29, 0.717) is 17.5 Å². The minimum absolute atomic E-state index is 0.558. The number of fused-ring (bicyclic) bond motifs is 9. The number of aromatic nitrogens is 4. The zero-order chi connectivity index (χ0) is 41.4. The molecule has 4 heterocycles. The summed E-state index contributed by atoms with van der Waals surface area (Å²) in [4.78, 5) is 15.6. The number of hydrogen-bond acceptors (Lipinski definition) is 5. The highest BCUT2D eigenvalue weighted by Crippen LogP contribution is 2.44. The third-order valence-electron chi connectivity index (χ3n) is 12.2. The van der Waals surface area contributed by atoms with Crippen molar-refractivity contribution in [3.8, 4) is 62.1 Å². The van der Waals surface area contributed by atoms with Gasteiger partial charge in [-0.1, -0.05) is 152 Å². The first-order valence-electron chi connectivity index (χ1n) is 21.1. The van der Waals surface area contributed by atoms with E-state index in [1.54, 1.807) is 0 Å². The van der Waals surface area contributed by atoms with Crippen molar-refractivity contribution in [2.75, 3.05) is 0 Å². The van der Waals surface area contributed by atoms with Crippen LogP contribution in [0, 0.1) is 0 Å². The van der Waals surface area contributed by atoms with E-state index in [1.807, 2.05) is 72.8 Å². The smallest absolute Gasteiger partial charge is 0.164 e. The summed E-state index contributed by atoms with van der Waals surface area (Å²) >= 11 is 0. The lowest BCUT2D eigenvalue weighted by atomic mass is 9.97. The quantitative estimate of drug-likeness (QED) is 0.167. The van der Waals surface area contributed by atoms with Crippen molar-refractivity contribution in [2.45, 2.75) is 0 Å². The molecule has 294 valence electrons. The van der Waals surface area contributed by atoms with Crippen LogP contribution in [0.4, 0.5) is 0 Å². The van der Waals surface area contributed by atoms with Gasteiger partial charge in [-0.15, -0.1) is 0 Å². The zero-order valence-corrected chi connectivity index (χ0v) is 33.7. The molecule has 0 unspecified atom stereocenters. The molecular weight excluding hydrogens is 773 g/mol. The molecule has 0 aliphatic rings. The monoisotopic (exact) mass is 806 g/mol. The predicted octanol–water partition coefficient (Wildman–Crippen LogP) is 15.1. The molecule has 6 heteroatoms. The second kappa shape index (κ2) is 14.0. The van der Waals surface area contributed by atoms with Gasteiger partial charge in [0.15, 0.2) is 23.1 Å². The van der Waals surface area contributed by atoms with Crippen molar-refractivity contribution in [1.82, 2.24) is 19.5 Å². The van der Waals surface area contributed by atoms with Gasteiger partial charge in [-0.2, -0.15) is 0 Å². The Kier molecular flexibility index (Phi) is 7.80. The van der Waals surface area contributed by atoms with Gasteiger partial charge in [0.2, 0.25) is 0 Å². The Morgan fingerprint density at radius 1 is 0.317 bits per heavy atom. The SMILES string of the molecule is c1ccc(-c2ccc3c(c2)c2ccccc2n3-c2cccc3c2oc2cc(-c4ccc5oc6ccccc6c5c4)cc(-c4nc(-c5ccccc5)nc(-c5ccccc5)n4)c23)cc1. The average Bonchev–Trinajstić information content (AvgIpc) is 4.03. The minimum Gasteiger partial charge on any atom is -0.456 e. The van der Waals surface area contributed by atoms with Crippen molar-refractivity contribution in [2.24, 2.45) is 0 Å². The maximum atomic E-state index is 7.18. The van der Waals surface area contributed by atoms with E-state index >= 15 is 0 Å². The Morgan fingerprint density at radius 3 is 1.65 bits per heavy atom. The maximum Gasteiger partial charge on any atom is 0.164 e. The lowest BCUT2D eigenvalue weighted by Gasteiger charge is -2.11. The molecule has 0 saturated carbocycles. The Morgan fingerprint density at radius 2 is 0.889 bits per heavy atom. The Hall–Kier alpha value is -8.61. The molecule has 13 rings (SSSR count). The van der Waals surface area contributed by atoms with Crippen LogP contribution in [0.5, 0.6) is 0 Å². The molecule has 6 nitrogen and oxygen atoms in total. The van der Waals surface area contributed by atoms with E-state index in [0.717, 1.165) is 88.4 Å². The Bertz CT molecular complexity index is 3850. The molecule has 0 N–H and O–H groups in total. The lowest BCUT2D eigenvalue weighted by molar-refractivity contribution is 0.666. The van der Waals surface area contributed by atoms with Gasteiger partial charge in [0.1, 0.15) is 16.7 Å². The van der Waals surface area contributed by atoms with Crippen LogP contribution in [0.15, 0.2) is 215 Å². The highest BCUT2D eigenvalue weighted by molar-refractivity contribution is 6.17. The van der Waals surface area contributed by atoms with Gasteiger partial charge in [0, 0.05) is 49.0 Å². The molecule has 63 heavy (non-hydrogen) atoms. The molecule has 4 aromatic heterocycles. The second-order valence-corrected chi connectivity index (χ2v) is 16.0. The van der Waals surface area contributed by atoms with Crippen LogP contribution in [0.3, 0.4) is 0 Å². The van der Waals surface area contributed by atoms with Crippen molar-refractivity contribution in [3.63, 3.8) is 0 Å². The summed E-state index contributed by atoms with van der Waals surface area (Å²) in [6.45, 7) is 0. The van der Waals surface area contributed by atoms with Gasteiger partial charge in [0.25, 0.3) is 0 Å². The summed E-state index contributed by atoms with van der Waals surface area (Å²) < 4.78 is 15.8. The van der Waals surface area contributed by atoms with Crippen molar-refractivity contribution < 1.29 is 8.83 Å². The van der Waals surface area contributed by atoms with Gasteiger partial charge < -0.3 is 13.4 Å². The van der Waals surface area contributed by atoms with E-state index in [-0.39, 0.29) is 0 Å².